The van der Waals surface area contributed by atoms with E-state index in [2.05, 4.69) is 34.1 Å². The third-order valence-electron chi connectivity index (χ3n) is 6.88. The predicted octanol–water partition coefficient (Wildman–Crippen LogP) is 5.84. The van der Waals surface area contributed by atoms with E-state index in [1.807, 2.05) is 29.2 Å². The van der Waals surface area contributed by atoms with Crippen molar-refractivity contribution >= 4 is 23.4 Å². The van der Waals surface area contributed by atoms with E-state index >= 15 is 0 Å². The zero-order valence-electron chi connectivity index (χ0n) is 20.5. The van der Waals surface area contributed by atoms with E-state index in [0.29, 0.717) is 50.6 Å². The van der Waals surface area contributed by atoms with Crippen LogP contribution in [0.25, 0.3) is 6.08 Å². The van der Waals surface area contributed by atoms with Gasteiger partial charge in [-0.2, -0.15) is 13.2 Å². The van der Waals surface area contributed by atoms with E-state index in [1.54, 1.807) is 13.2 Å². The number of hydrogen-bond acceptors (Lipinski definition) is 4. The lowest BCUT2D eigenvalue weighted by molar-refractivity contribution is -0.137. The number of ether oxygens (including phenoxy) is 1. The molecular formula is C29H28F3N3O2. The van der Waals surface area contributed by atoms with Gasteiger partial charge < -0.3 is 14.5 Å². The molecule has 0 aromatic heterocycles. The molecule has 2 aliphatic heterocycles. The average Bonchev–Trinajstić information content (AvgIpc) is 2.92. The van der Waals surface area contributed by atoms with Crippen LogP contribution in [-0.4, -0.2) is 55.5 Å². The Balaban J connectivity index is 1.23. The Morgan fingerprint density at radius 1 is 0.919 bits per heavy atom. The van der Waals surface area contributed by atoms with E-state index in [-0.39, 0.29) is 5.91 Å². The second-order valence-corrected chi connectivity index (χ2v) is 9.22. The zero-order valence-corrected chi connectivity index (χ0v) is 20.5. The van der Waals surface area contributed by atoms with Crippen LogP contribution in [0.5, 0.6) is 5.75 Å². The normalized spacial score (nSPS) is 16.0. The van der Waals surface area contributed by atoms with Gasteiger partial charge >= 0.3 is 6.18 Å². The van der Waals surface area contributed by atoms with Crippen LogP contribution in [0.2, 0.25) is 0 Å². The predicted molar refractivity (Wildman–Crippen MR) is 138 cm³/mol. The summed E-state index contributed by atoms with van der Waals surface area (Å²) in [5.41, 5.74) is 3.86. The first-order chi connectivity index (χ1) is 17.8. The molecule has 8 heteroatoms. The highest BCUT2D eigenvalue weighted by Crippen LogP contribution is 2.38. The Bertz CT molecular complexity index is 1300. The van der Waals surface area contributed by atoms with Crippen LogP contribution >= 0.6 is 0 Å². The number of halogens is 3. The van der Waals surface area contributed by atoms with Crippen molar-refractivity contribution in [1.82, 2.24) is 9.80 Å². The van der Waals surface area contributed by atoms with Gasteiger partial charge in [-0.15, -0.1) is 0 Å². The topological polar surface area (TPSA) is 36.0 Å². The van der Waals surface area contributed by atoms with Gasteiger partial charge in [0.15, 0.2) is 0 Å². The molecule has 0 radical (unpaired) electrons. The Kier molecular flexibility index (Phi) is 6.93. The molecule has 5 nitrogen and oxygen atoms in total. The molecule has 0 atom stereocenters. The lowest BCUT2D eigenvalue weighted by Crippen LogP contribution is -2.48. The Morgan fingerprint density at radius 3 is 2.35 bits per heavy atom. The van der Waals surface area contributed by atoms with Gasteiger partial charge in [0.25, 0.3) is 5.91 Å². The lowest BCUT2D eigenvalue weighted by atomic mass is 10.1. The summed E-state index contributed by atoms with van der Waals surface area (Å²) >= 11 is 0. The molecule has 5 rings (SSSR count). The number of carbonyl (C=O) groups is 1. The number of hydrogen-bond donors (Lipinski definition) is 0. The molecule has 0 bridgehead atoms. The number of nitrogens with zero attached hydrogens (tertiary/aromatic N) is 3. The van der Waals surface area contributed by atoms with Gasteiger partial charge in [0.1, 0.15) is 5.75 Å². The summed E-state index contributed by atoms with van der Waals surface area (Å²) in [5.74, 6) is 0.579. The number of benzene rings is 3. The van der Waals surface area contributed by atoms with Crippen LogP contribution < -0.4 is 9.64 Å². The van der Waals surface area contributed by atoms with Crippen molar-refractivity contribution in [2.24, 2.45) is 0 Å². The first-order valence-corrected chi connectivity index (χ1v) is 12.2. The third kappa shape index (κ3) is 5.34. The Labute approximate surface area is 214 Å². The van der Waals surface area contributed by atoms with Crippen LogP contribution in [-0.2, 0) is 12.7 Å². The number of amides is 1. The van der Waals surface area contributed by atoms with E-state index < -0.39 is 11.7 Å². The van der Waals surface area contributed by atoms with Gasteiger partial charge in [-0.25, -0.2) is 0 Å². The van der Waals surface area contributed by atoms with Crippen molar-refractivity contribution in [3.63, 3.8) is 0 Å². The highest BCUT2D eigenvalue weighted by atomic mass is 19.4. The van der Waals surface area contributed by atoms with Gasteiger partial charge in [0.2, 0.25) is 0 Å². The van der Waals surface area contributed by atoms with Gasteiger partial charge in [-0.3, -0.25) is 9.69 Å². The standard InChI is InChI=1S/C29H28F3N3O2/c1-37-27-19-23(10-13-26(27)35-14-4-6-22-5-2-3-7-25(22)35)28(36)34-17-15-33(16-18-34)20-21-8-11-24(12-9-21)29(30,31)32/h2-13,19H,14-18,20H2,1H3. The number of alkyl halides is 3. The molecule has 1 amide bonds. The molecular weight excluding hydrogens is 479 g/mol. The molecule has 0 unspecified atom stereocenters. The minimum absolute atomic E-state index is 0.0574. The molecule has 2 heterocycles. The quantitative estimate of drug-likeness (QED) is 0.435. The van der Waals surface area contributed by atoms with Crippen molar-refractivity contribution in [2.45, 2.75) is 12.7 Å². The molecule has 3 aromatic rings. The first kappa shape index (κ1) is 24.9. The largest absolute Gasteiger partial charge is 0.495 e. The molecule has 0 saturated carbocycles. The monoisotopic (exact) mass is 507 g/mol. The van der Waals surface area contributed by atoms with Gasteiger partial charge in [-0.05, 0) is 47.5 Å². The van der Waals surface area contributed by atoms with E-state index in [9.17, 15) is 18.0 Å². The molecule has 0 N–H and O–H groups in total. The zero-order chi connectivity index (χ0) is 26.0. The first-order valence-electron chi connectivity index (χ1n) is 12.2. The highest BCUT2D eigenvalue weighted by Gasteiger charge is 2.30. The van der Waals surface area contributed by atoms with Crippen molar-refractivity contribution in [1.29, 1.82) is 0 Å². The SMILES string of the molecule is COc1cc(C(=O)N2CCN(Cc3ccc(C(F)(F)F)cc3)CC2)ccc1N1CC=Cc2ccccc21. The van der Waals surface area contributed by atoms with Crippen LogP contribution in [0.1, 0.15) is 27.0 Å². The van der Waals surface area contributed by atoms with Crippen LogP contribution in [0, 0.1) is 0 Å². The van der Waals surface area contributed by atoms with Crippen molar-refractivity contribution < 1.29 is 22.7 Å². The molecule has 192 valence electrons. The molecule has 1 saturated heterocycles. The van der Waals surface area contributed by atoms with Crippen LogP contribution in [0.15, 0.2) is 72.8 Å². The fourth-order valence-electron chi connectivity index (χ4n) is 4.87. The molecule has 3 aromatic carbocycles. The number of methoxy groups -OCH3 is 1. The lowest BCUT2D eigenvalue weighted by Gasteiger charge is -2.35. The number of para-hydroxylation sites is 1. The van der Waals surface area contributed by atoms with E-state index in [4.69, 9.17) is 4.74 Å². The number of rotatable bonds is 5. The maximum atomic E-state index is 13.3. The van der Waals surface area contributed by atoms with Crippen LogP contribution in [0.3, 0.4) is 0 Å². The van der Waals surface area contributed by atoms with Gasteiger partial charge in [0.05, 0.1) is 18.4 Å². The second kappa shape index (κ2) is 10.3. The molecule has 2 aliphatic rings. The maximum absolute atomic E-state index is 13.3. The highest BCUT2D eigenvalue weighted by molar-refractivity contribution is 5.96. The molecule has 1 fully saturated rings. The second-order valence-electron chi connectivity index (χ2n) is 9.22. The fraction of sp³-hybridized carbons (Fsp3) is 0.276. The van der Waals surface area contributed by atoms with E-state index in [1.165, 1.54) is 12.1 Å². The van der Waals surface area contributed by atoms with E-state index in [0.717, 1.165) is 34.6 Å². The fourth-order valence-corrected chi connectivity index (χ4v) is 4.87. The van der Waals surface area contributed by atoms with Crippen molar-refractivity contribution in [3.8, 4) is 5.75 Å². The summed E-state index contributed by atoms with van der Waals surface area (Å²) in [7, 11) is 1.61. The summed E-state index contributed by atoms with van der Waals surface area (Å²) < 4.78 is 44.1. The van der Waals surface area contributed by atoms with Crippen molar-refractivity contribution in [2.75, 3.05) is 44.7 Å². The Morgan fingerprint density at radius 2 is 1.65 bits per heavy atom. The Hall–Kier alpha value is -3.78. The number of piperazine rings is 1. The minimum atomic E-state index is -4.33. The third-order valence-corrected chi connectivity index (χ3v) is 6.88. The van der Waals surface area contributed by atoms with Crippen LogP contribution in [0.4, 0.5) is 24.5 Å². The van der Waals surface area contributed by atoms with Crippen molar-refractivity contribution in [3.05, 3.63) is 95.1 Å². The molecule has 0 aliphatic carbocycles. The molecule has 37 heavy (non-hydrogen) atoms. The minimum Gasteiger partial charge on any atom is -0.495 e. The van der Waals surface area contributed by atoms with Gasteiger partial charge in [-0.1, -0.05) is 42.5 Å². The summed E-state index contributed by atoms with van der Waals surface area (Å²) in [5, 5.41) is 0. The number of carbonyl (C=O) groups excluding carboxylic acids is 1. The number of fused-ring (bicyclic) bond motifs is 1. The summed E-state index contributed by atoms with van der Waals surface area (Å²) in [6, 6.07) is 19.0. The molecule has 0 spiro atoms. The van der Waals surface area contributed by atoms with Gasteiger partial charge in [0, 0.05) is 50.5 Å². The summed E-state index contributed by atoms with van der Waals surface area (Å²) in [6.07, 6.45) is -0.126. The average molecular weight is 508 g/mol. The maximum Gasteiger partial charge on any atom is 0.416 e. The summed E-state index contributed by atoms with van der Waals surface area (Å²) in [4.78, 5) is 19.4. The number of anilines is 2. The summed E-state index contributed by atoms with van der Waals surface area (Å²) in [6.45, 7) is 3.66. The smallest absolute Gasteiger partial charge is 0.416 e.